The first kappa shape index (κ1) is 12.9. The molecule has 1 aromatic heterocycles. The molecule has 100 valence electrons. The number of amides is 1. The second-order valence-electron chi connectivity index (χ2n) is 4.46. The van der Waals surface area contributed by atoms with Gasteiger partial charge in [-0.3, -0.25) is 9.89 Å². The Kier molecular flexibility index (Phi) is 3.70. The van der Waals surface area contributed by atoms with Crippen LogP contribution >= 0.6 is 0 Å². The van der Waals surface area contributed by atoms with Crippen molar-refractivity contribution < 1.29 is 4.79 Å². The van der Waals surface area contributed by atoms with Gasteiger partial charge in [-0.2, -0.15) is 5.10 Å². The maximum absolute atomic E-state index is 12.0. The molecule has 0 saturated heterocycles. The van der Waals surface area contributed by atoms with E-state index in [9.17, 15) is 4.79 Å². The first-order valence-corrected chi connectivity index (χ1v) is 5.90. The Morgan fingerprint density at radius 3 is 2.84 bits per heavy atom. The highest BCUT2D eigenvalue weighted by Gasteiger charge is 2.09. The van der Waals surface area contributed by atoms with E-state index in [-0.39, 0.29) is 5.91 Å². The lowest BCUT2D eigenvalue weighted by Gasteiger charge is -2.15. The van der Waals surface area contributed by atoms with Gasteiger partial charge in [0.05, 0.1) is 17.6 Å². The summed E-state index contributed by atoms with van der Waals surface area (Å²) in [4.78, 5) is 13.9. The van der Waals surface area contributed by atoms with E-state index >= 15 is 0 Å². The molecule has 1 amide bonds. The van der Waals surface area contributed by atoms with Crippen LogP contribution in [0.3, 0.4) is 0 Å². The maximum atomic E-state index is 12.0. The highest BCUT2D eigenvalue weighted by atomic mass is 16.1. The van der Waals surface area contributed by atoms with E-state index in [4.69, 9.17) is 5.73 Å². The van der Waals surface area contributed by atoms with E-state index in [1.54, 1.807) is 24.5 Å². The number of hydrogen-bond acceptors (Lipinski definition) is 4. The number of aromatic nitrogens is 2. The Balaban J connectivity index is 2.05. The van der Waals surface area contributed by atoms with Crippen LogP contribution < -0.4 is 16.0 Å². The number of aromatic amines is 1. The summed E-state index contributed by atoms with van der Waals surface area (Å²) in [6, 6.07) is 5.28. The van der Waals surface area contributed by atoms with Gasteiger partial charge in [-0.25, -0.2) is 0 Å². The Bertz CT molecular complexity index is 562. The molecule has 0 unspecified atom stereocenters. The standard InChI is InChI=1S/C13H17N5O/c1-18(2)12-4-3-10(5-11(12)14)13(19)15-6-9-7-16-17-8-9/h3-5,7-8H,6,14H2,1-2H3,(H,15,19)(H,16,17). The molecule has 0 aliphatic heterocycles. The number of hydrogen-bond donors (Lipinski definition) is 3. The Hall–Kier alpha value is -2.50. The van der Waals surface area contributed by atoms with Crippen LogP contribution in [0.1, 0.15) is 15.9 Å². The average molecular weight is 259 g/mol. The van der Waals surface area contributed by atoms with E-state index < -0.39 is 0 Å². The van der Waals surface area contributed by atoms with Crippen molar-refractivity contribution in [3.8, 4) is 0 Å². The molecule has 19 heavy (non-hydrogen) atoms. The van der Waals surface area contributed by atoms with Crippen molar-refractivity contribution in [1.29, 1.82) is 0 Å². The normalized spacial score (nSPS) is 10.2. The smallest absolute Gasteiger partial charge is 0.251 e. The van der Waals surface area contributed by atoms with E-state index in [1.807, 2.05) is 25.1 Å². The van der Waals surface area contributed by atoms with Crippen LogP contribution in [0, 0.1) is 0 Å². The van der Waals surface area contributed by atoms with Gasteiger partial charge in [0.2, 0.25) is 0 Å². The number of benzene rings is 1. The zero-order chi connectivity index (χ0) is 13.8. The van der Waals surface area contributed by atoms with Gasteiger partial charge in [0.25, 0.3) is 5.91 Å². The molecule has 0 atom stereocenters. The molecule has 1 heterocycles. The summed E-state index contributed by atoms with van der Waals surface area (Å²) >= 11 is 0. The molecule has 6 heteroatoms. The van der Waals surface area contributed by atoms with Crippen LogP contribution in [-0.2, 0) is 6.54 Å². The van der Waals surface area contributed by atoms with Gasteiger partial charge in [-0.15, -0.1) is 0 Å². The van der Waals surface area contributed by atoms with Gasteiger partial charge in [0.1, 0.15) is 0 Å². The van der Waals surface area contributed by atoms with Gasteiger partial charge >= 0.3 is 0 Å². The Morgan fingerprint density at radius 1 is 1.47 bits per heavy atom. The van der Waals surface area contributed by atoms with E-state index in [2.05, 4.69) is 15.5 Å². The van der Waals surface area contributed by atoms with E-state index in [0.717, 1.165) is 11.3 Å². The molecule has 2 rings (SSSR count). The minimum atomic E-state index is -0.154. The third-order valence-electron chi connectivity index (χ3n) is 2.78. The highest BCUT2D eigenvalue weighted by Crippen LogP contribution is 2.22. The lowest BCUT2D eigenvalue weighted by molar-refractivity contribution is 0.0951. The number of rotatable bonds is 4. The van der Waals surface area contributed by atoms with Crippen molar-refractivity contribution in [3.05, 3.63) is 41.7 Å². The van der Waals surface area contributed by atoms with Crippen LogP contribution in [-0.4, -0.2) is 30.2 Å². The van der Waals surface area contributed by atoms with Gasteiger partial charge in [0, 0.05) is 38.0 Å². The summed E-state index contributed by atoms with van der Waals surface area (Å²) < 4.78 is 0. The number of carbonyl (C=O) groups excluding carboxylic acids is 1. The van der Waals surface area contributed by atoms with Gasteiger partial charge in [-0.1, -0.05) is 0 Å². The zero-order valence-corrected chi connectivity index (χ0v) is 11.0. The summed E-state index contributed by atoms with van der Waals surface area (Å²) in [7, 11) is 3.81. The molecule has 0 bridgehead atoms. The molecule has 4 N–H and O–H groups in total. The van der Waals surface area contributed by atoms with Crippen LogP contribution in [0.25, 0.3) is 0 Å². The minimum absolute atomic E-state index is 0.154. The maximum Gasteiger partial charge on any atom is 0.251 e. The number of nitrogens with zero attached hydrogens (tertiary/aromatic N) is 2. The Morgan fingerprint density at radius 2 is 2.26 bits per heavy atom. The number of nitrogens with one attached hydrogen (secondary N) is 2. The highest BCUT2D eigenvalue weighted by molar-refractivity contribution is 5.96. The summed E-state index contributed by atoms with van der Waals surface area (Å²) in [5.74, 6) is -0.154. The van der Waals surface area contributed by atoms with Crippen molar-refractivity contribution in [3.63, 3.8) is 0 Å². The number of nitrogens with two attached hydrogens (primary N) is 1. The van der Waals surface area contributed by atoms with Gasteiger partial charge in [0.15, 0.2) is 0 Å². The van der Waals surface area contributed by atoms with Gasteiger partial charge < -0.3 is 16.0 Å². The third-order valence-corrected chi connectivity index (χ3v) is 2.78. The molecule has 1 aromatic carbocycles. The average Bonchev–Trinajstić information content (AvgIpc) is 2.88. The molecule has 6 nitrogen and oxygen atoms in total. The van der Waals surface area contributed by atoms with E-state index in [0.29, 0.717) is 17.8 Å². The second kappa shape index (κ2) is 5.43. The SMILES string of the molecule is CN(C)c1ccc(C(=O)NCc2cn[nH]c2)cc1N. The fraction of sp³-hybridized carbons (Fsp3) is 0.231. The molecule has 0 spiro atoms. The lowest BCUT2D eigenvalue weighted by atomic mass is 10.1. The lowest BCUT2D eigenvalue weighted by Crippen LogP contribution is -2.23. The summed E-state index contributed by atoms with van der Waals surface area (Å²) in [5.41, 5.74) is 8.86. The van der Waals surface area contributed by atoms with E-state index in [1.165, 1.54) is 0 Å². The molecular weight excluding hydrogens is 242 g/mol. The van der Waals surface area contributed by atoms with Crippen molar-refractivity contribution in [2.24, 2.45) is 0 Å². The van der Waals surface area contributed by atoms with Crippen molar-refractivity contribution in [2.75, 3.05) is 24.7 Å². The van der Waals surface area contributed by atoms with Crippen LogP contribution in [0.5, 0.6) is 0 Å². The molecule has 0 radical (unpaired) electrons. The number of carbonyl (C=O) groups is 1. The molecule has 0 saturated carbocycles. The van der Waals surface area contributed by atoms with Crippen molar-refractivity contribution in [1.82, 2.24) is 15.5 Å². The first-order chi connectivity index (χ1) is 9.08. The molecule has 2 aromatic rings. The number of H-pyrrole nitrogens is 1. The minimum Gasteiger partial charge on any atom is -0.397 e. The first-order valence-electron chi connectivity index (χ1n) is 5.90. The number of anilines is 2. The zero-order valence-electron chi connectivity index (χ0n) is 11.0. The molecule has 0 fully saturated rings. The molecular formula is C13H17N5O. The largest absolute Gasteiger partial charge is 0.397 e. The topological polar surface area (TPSA) is 87.0 Å². The summed E-state index contributed by atoms with van der Waals surface area (Å²) in [6.07, 6.45) is 3.41. The predicted octanol–water partition coefficient (Wildman–Crippen LogP) is 0.988. The monoisotopic (exact) mass is 259 g/mol. The van der Waals surface area contributed by atoms with Gasteiger partial charge in [-0.05, 0) is 18.2 Å². The van der Waals surface area contributed by atoms with Crippen LogP contribution in [0.4, 0.5) is 11.4 Å². The Labute approximate surface area is 111 Å². The van der Waals surface area contributed by atoms with Crippen LogP contribution in [0.15, 0.2) is 30.6 Å². The molecule has 0 aliphatic carbocycles. The predicted molar refractivity (Wildman–Crippen MR) is 74.9 cm³/mol. The third kappa shape index (κ3) is 3.04. The second-order valence-corrected chi connectivity index (χ2v) is 4.46. The van der Waals surface area contributed by atoms with Crippen molar-refractivity contribution in [2.45, 2.75) is 6.54 Å². The number of nitrogen functional groups attached to an aromatic ring is 1. The summed E-state index contributed by atoms with van der Waals surface area (Å²) in [5, 5.41) is 9.32. The summed E-state index contributed by atoms with van der Waals surface area (Å²) in [6.45, 7) is 0.435. The van der Waals surface area contributed by atoms with Crippen LogP contribution in [0.2, 0.25) is 0 Å². The quantitative estimate of drug-likeness (QED) is 0.714. The molecule has 0 aliphatic rings. The van der Waals surface area contributed by atoms with Crippen molar-refractivity contribution >= 4 is 17.3 Å². The fourth-order valence-corrected chi connectivity index (χ4v) is 1.76. The fourth-order valence-electron chi connectivity index (χ4n) is 1.76.